The highest BCUT2D eigenvalue weighted by Crippen LogP contribution is 2.55. The Kier molecular flexibility index (Phi) is 14.5. The largest absolute Gasteiger partial charge is 0.478 e. The zero-order valence-electron chi connectivity index (χ0n) is 37.9. The summed E-state index contributed by atoms with van der Waals surface area (Å²) in [5, 5.41) is 12.2. The van der Waals surface area contributed by atoms with Gasteiger partial charge in [0, 0.05) is 110 Å². The van der Waals surface area contributed by atoms with Crippen LogP contribution < -0.4 is 30.7 Å². The molecule has 19 heteroatoms. The fourth-order valence-corrected chi connectivity index (χ4v) is 10.3. The maximum Gasteiger partial charge on any atom is 0.337 e. The van der Waals surface area contributed by atoms with Crippen LogP contribution in [0, 0.1) is 28.2 Å². The van der Waals surface area contributed by atoms with E-state index in [9.17, 15) is 32.3 Å². The summed E-state index contributed by atoms with van der Waals surface area (Å²) in [6.45, 7) is 8.47. The number of hydrogen-bond donors (Lipinski definition) is 3. The highest BCUT2D eigenvalue weighted by Gasteiger charge is 2.46. The van der Waals surface area contributed by atoms with Gasteiger partial charge in [0.25, 0.3) is 17.8 Å². The van der Waals surface area contributed by atoms with E-state index in [-0.39, 0.29) is 57.8 Å². The number of nitrogens with one attached hydrogen (secondary N) is 1. The maximum atomic E-state index is 13.5. The summed E-state index contributed by atoms with van der Waals surface area (Å²) < 4.78 is 55.0. The van der Waals surface area contributed by atoms with E-state index in [1.807, 2.05) is 25.1 Å². The number of carbonyl (C=O) groups excluding carboxylic acids is 1. The average Bonchev–Trinajstić information content (AvgIpc) is 4.22. The Labute approximate surface area is 411 Å². The highest BCUT2D eigenvalue weighted by atomic mass is 127. The number of carboxylic acids is 1. The number of aromatic nitrogens is 4. The molecule has 0 atom stereocenters. The van der Waals surface area contributed by atoms with E-state index in [0.717, 1.165) is 51.3 Å². The number of hydrogen-bond acceptors (Lipinski definition) is 11. The van der Waals surface area contributed by atoms with Crippen LogP contribution in [0.15, 0.2) is 53.0 Å². The van der Waals surface area contributed by atoms with Crippen molar-refractivity contribution in [3.05, 3.63) is 79.1 Å². The number of carboxylic acid groups (broad SMARTS) is 1. The summed E-state index contributed by atoms with van der Waals surface area (Å²) in [7, 11) is 0. The predicted octanol–water partition coefficient (Wildman–Crippen LogP) is 10.4. The highest BCUT2D eigenvalue weighted by molar-refractivity contribution is 14.1. The Morgan fingerprint density at radius 3 is 1.54 bits per heavy atom. The van der Waals surface area contributed by atoms with Crippen LogP contribution in [0.4, 0.5) is 52.5 Å². The third-order valence-corrected chi connectivity index (χ3v) is 15.3. The normalized spacial score (nSPS) is 20.8. The van der Waals surface area contributed by atoms with Crippen molar-refractivity contribution in [2.24, 2.45) is 10.8 Å². The van der Waals surface area contributed by atoms with E-state index < -0.39 is 17.8 Å². The third kappa shape index (κ3) is 12.6. The lowest BCUT2D eigenvalue weighted by Gasteiger charge is -2.35. The first-order valence-corrected chi connectivity index (χ1v) is 25.0. The fraction of sp³-hybridized carbons (Fsp3) is 0.542. The lowest BCUT2D eigenvalue weighted by molar-refractivity contribution is -0.0229. The van der Waals surface area contributed by atoms with Crippen LogP contribution in [-0.2, 0) is 0 Å². The Morgan fingerprint density at radius 2 is 1.06 bits per heavy atom. The number of rotatable bonds is 7. The summed E-state index contributed by atoms with van der Waals surface area (Å²) in [4.78, 5) is 49.8. The minimum absolute atomic E-state index is 0.149. The second-order valence-corrected chi connectivity index (χ2v) is 21.3. The number of anilines is 6. The topological polar surface area (TPSA) is 157 Å². The second-order valence-electron chi connectivity index (χ2n) is 19.2. The van der Waals surface area contributed by atoms with Crippen LogP contribution in [0.5, 0.6) is 0 Å². The van der Waals surface area contributed by atoms with Crippen LogP contribution >= 0.6 is 38.5 Å². The lowest BCUT2D eigenvalue weighted by Crippen LogP contribution is -2.40. The van der Waals surface area contributed by atoms with Gasteiger partial charge in [0.05, 0.1) is 22.5 Å². The first-order chi connectivity index (χ1) is 31.8. The van der Waals surface area contributed by atoms with Crippen LogP contribution in [0.2, 0.25) is 0 Å². The lowest BCUT2D eigenvalue weighted by atomic mass is 9.93. The van der Waals surface area contributed by atoms with E-state index in [4.69, 9.17) is 5.73 Å². The number of nitrogens with two attached hydrogens (primary N) is 1. The van der Waals surface area contributed by atoms with E-state index >= 15 is 0 Å². The molecule has 2 aromatic carbocycles. The Balaban J connectivity index is 0.000000150. The van der Waals surface area contributed by atoms with Gasteiger partial charge in [-0.05, 0) is 135 Å². The molecule has 360 valence electrons. The van der Waals surface area contributed by atoms with Crippen molar-refractivity contribution in [2.45, 2.75) is 103 Å². The number of benzene rings is 2. The van der Waals surface area contributed by atoms with E-state index in [1.165, 1.54) is 51.4 Å². The molecule has 6 aliphatic rings. The molecule has 6 heterocycles. The monoisotopic (exact) mass is 1100 g/mol. The van der Waals surface area contributed by atoms with Gasteiger partial charge in [0.2, 0.25) is 11.9 Å². The molecule has 67 heavy (non-hydrogen) atoms. The quantitative estimate of drug-likeness (QED) is 0.119. The SMILES string of the molecule is Cc1cc(N)nc(N2CCC(F)(F)CC2)n1.Cc1cc(NC(=O)c2ccc(I)cc2N2CCC3(CC2)CC3)nc(N2CCC(F)(F)CC2)n1.O=C(O)c1ccc(Br)cc1N1CCC2(CC1)CC2. The third-order valence-electron chi connectivity index (χ3n) is 14.1. The molecule has 4 N–H and O–H groups in total. The van der Waals surface area contributed by atoms with E-state index in [2.05, 4.69) is 79.6 Å². The molecule has 0 bridgehead atoms. The molecular formula is C48H58BrF4IN10O3. The molecule has 0 unspecified atom stereocenters. The average molecular weight is 1110 g/mol. The standard InChI is InChI=1S/C24H28F2IN5O.C14H16BrNO2.C10H14F2N4/c1-16-14-20(30-22(28-16)32-12-8-24(25,26)9-13-32)29-21(33)18-3-2-17(27)15-19(18)31-10-6-23(4-5-23)7-11-31;15-10-1-2-11(13(17)18)12(9-10)16-7-5-14(3-4-14)6-8-16;1-7-6-8(13)15-9(14-7)16-4-2-10(11,12)3-5-16/h2-3,14-15H,4-13H2,1H3,(H,28,29,30,33);1-2,9H,3-8H2,(H,17,18);6H,2-5H2,1H3,(H2,13,14,15). The van der Waals surface area contributed by atoms with Crippen molar-refractivity contribution < 1.29 is 32.3 Å². The van der Waals surface area contributed by atoms with Gasteiger partial charge >= 0.3 is 5.97 Å². The van der Waals surface area contributed by atoms with Crippen molar-refractivity contribution in [2.75, 3.05) is 83.0 Å². The number of carbonyl (C=O) groups is 2. The molecule has 13 nitrogen and oxygen atoms in total. The van der Waals surface area contributed by atoms with Crippen molar-refractivity contribution in [1.29, 1.82) is 0 Å². The zero-order chi connectivity index (χ0) is 47.7. The fourth-order valence-electron chi connectivity index (χ4n) is 9.43. The number of nitrogen functional groups attached to an aromatic ring is 1. The number of nitrogens with zero attached hydrogens (tertiary/aromatic N) is 8. The predicted molar refractivity (Wildman–Crippen MR) is 265 cm³/mol. The van der Waals surface area contributed by atoms with Gasteiger partial charge in [0.15, 0.2) is 0 Å². The molecule has 2 saturated carbocycles. The number of piperidine rings is 4. The Bertz CT molecular complexity index is 2420. The number of amides is 1. The van der Waals surface area contributed by atoms with Gasteiger partial charge < -0.3 is 35.8 Å². The minimum Gasteiger partial charge on any atom is -0.478 e. The molecule has 2 spiro atoms. The Hall–Kier alpha value is -4.53. The van der Waals surface area contributed by atoms with Gasteiger partial charge in [-0.2, -0.15) is 9.97 Å². The molecular weight excluding hydrogens is 1050 g/mol. The maximum absolute atomic E-state index is 13.5. The number of alkyl halides is 4. The second kappa shape index (κ2) is 19.8. The summed E-state index contributed by atoms with van der Waals surface area (Å²) in [6.07, 6.45) is 9.47. The Morgan fingerprint density at radius 1 is 0.612 bits per heavy atom. The number of aryl methyl sites for hydroxylation is 2. The van der Waals surface area contributed by atoms with Crippen molar-refractivity contribution in [3.8, 4) is 0 Å². The zero-order valence-corrected chi connectivity index (χ0v) is 41.7. The molecule has 1 amide bonds. The van der Waals surface area contributed by atoms with E-state index in [1.54, 1.807) is 41.0 Å². The molecule has 0 radical (unpaired) electrons. The van der Waals surface area contributed by atoms with Crippen molar-refractivity contribution in [3.63, 3.8) is 0 Å². The number of halogens is 6. The van der Waals surface area contributed by atoms with Crippen molar-refractivity contribution in [1.82, 2.24) is 19.9 Å². The van der Waals surface area contributed by atoms with Crippen molar-refractivity contribution >= 4 is 85.3 Å². The summed E-state index contributed by atoms with van der Waals surface area (Å²) in [5.74, 6) is -4.65. The molecule has 2 aliphatic carbocycles. The molecule has 4 saturated heterocycles. The van der Waals surface area contributed by atoms with E-state index in [0.29, 0.717) is 51.2 Å². The molecule has 6 fully saturated rings. The van der Waals surface area contributed by atoms with Gasteiger partial charge in [-0.15, -0.1) is 0 Å². The van der Waals surface area contributed by atoms with Crippen LogP contribution in [0.25, 0.3) is 0 Å². The molecule has 4 aliphatic heterocycles. The molecule has 10 rings (SSSR count). The van der Waals surface area contributed by atoms with Gasteiger partial charge in [-0.3, -0.25) is 4.79 Å². The summed E-state index contributed by atoms with van der Waals surface area (Å²) >= 11 is 5.71. The van der Waals surface area contributed by atoms with Gasteiger partial charge in [-0.25, -0.2) is 32.3 Å². The summed E-state index contributed by atoms with van der Waals surface area (Å²) in [6, 6.07) is 14.7. The molecule has 4 aromatic rings. The van der Waals surface area contributed by atoms with Crippen LogP contribution in [-0.4, -0.2) is 101 Å². The number of aromatic carboxylic acids is 1. The molecule has 2 aromatic heterocycles. The van der Waals surface area contributed by atoms with Crippen LogP contribution in [0.1, 0.15) is 109 Å². The minimum atomic E-state index is -2.63. The van der Waals surface area contributed by atoms with Gasteiger partial charge in [-0.1, -0.05) is 15.9 Å². The van der Waals surface area contributed by atoms with Crippen LogP contribution in [0.3, 0.4) is 0 Å². The van der Waals surface area contributed by atoms with Gasteiger partial charge in [0.1, 0.15) is 11.6 Å². The summed E-state index contributed by atoms with van der Waals surface area (Å²) in [5.41, 5.74) is 11.0. The first-order valence-electron chi connectivity index (χ1n) is 23.1. The first kappa shape index (κ1) is 48.9. The smallest absolute Gasteiger partial charge is 0.337 e.